The third-order valence-electron chi connectivity index (χ3n) is 6.79. The largest absolute Gasteiger partial charge is 0.493 e. The van der Waals surface area contributed by atoms with Gasteiger partial charge in [-0.1, -0.05) is 36.4 Å². The van der Waals surface area contributed by atoms with Gasteiger partial charge in [0.15, 0.2) is 17.3 Å². The molecule has 0 saturated carbocycles. The lowest BCUT2D eigenvalue weighted by molar-refractivity contribution is -0.125. The lowest BCUT2D eigenvalue weighted by Crippen LogP contribution is -2.32. The summed E-state index contributed by atoms with van der Waals surface area (Å²) in [6.45, 7) is 5.41. The van der Waals surface area contributed by atoms with E-state index in [1.807, 2.05) is 36.4 Å². The second-order valence-electron chi connectivity index (χ2n) is 9.25. The van der Waals surface area contributed by atoms with Gasteiger partial charge in [-0.15, -0.1) is 10.2 Å². The second kappa shape index (κ2) is 11.5. The van der Waals surface area contributed by atoms with Crippen LogP contribution in [0.5, 0.6) is 11.5 Å². The van der Waals surface area contributed by atoms with E-state index in [0.717, 1.165) is 67.7 Å². The number of benzene rings is 2. The summed E-state index contributed by atoms with van der Waals surface area (Å²) in [5.41, 5.74) is 2.29. The minimum atomic E-state index is -0.0564. The summed E-state index contributed by atoms with van der Waals surface area (Å²) in [5.74, 6) is 3.22. The number of nitrogens with one attached hydrogen (secondary N) is 1. The quantitative estimate of drug-likeness (QED) is 0.492. The van der Waals surface area contributed by atoms with E-state index in [1.54, 1.807) is 7.11 Å². The molecule has 2 aliphatic heterocycles. The Morgan fingerprint density at radius 1 is 1.08 bits per heavy atom. The standard InChI is InChI=1S/C27H33N5O4/c1-34-24-15-21(7-8-23(24)36-18-20-5-3-2-4-6-20)17-31-11-9-25-29-30-26(32(25)13-12-31)16-28-27(33)22-10-14-35-19-22/h2-8,15,22H,9-14,16-19H2,1H3,(H,28,33)/t22-/m0/s1. The topological polar surface area (TPSA) is 90.7 Å². The zero-order valence-corrected chi connectivity index (χ0v) is 20.7. The smallest absolute Gasteiger partial charge is 0.225 e. The summed E-state index contributed by atoms with van der Waals surface area (Å²) >= 11 is 0. The van der Waals surface area contributed by atoms with E-state index < -0.39 is 0 Å². The highest BCUT2D eigenvalue weighted by Gasteiger charge is 2.24. The number of hydrogen-bond acceptors (Lipinski definition) is 7. The van der Waals surface area contributed by atoms with Crippen molar-refractivity contribution in [1.82, 2.24) is 25.0 Å². The van der Waals surface area contributed by atoms with Crippen molar-refractivity contribution in [3.8, 4) is 11.5 Å². The van der Waals surface area contributed by atoms with Crippen molar-refractivity contribution < 1.29 is 19.0 Å². The molecule has 190 valence electrons. The molecule has 0 radical (unpaired) electrons. The molecule has 1 atom stereocenters. The Kier molecular flexibility index (Phi) is 7.78. The number of nitrogens with zero attached hydrogens (tertiary/aromatic N) is 4. The summed E-state index contributed by atoms with van der Waals surface area (Å²) < 4.78 is 19.1. The highest BCUT2D eigenvalue weighted by atomic mass is 16.5. The average Bonchev–Trinajstić information content (AvgIpc) is 3.55. The van der Waals surface area contributed by atoms with E-state index in [0.29, 0.717) is 26.4 Å². The van der Waals surface area contributed by atoms with Crippen molar-refractivity contribution in [2.45, 2.75) is 39.1 Å². The zero-order chi connectivity index (χ0) is 24.7. The minimum absolute atomic E-state index is 0.0326. The van der Waals surface area contributed by atoms with Crippen LogP contribution in [0.3, 0.4) is 0 Å². The first-order valence-corrected chi connectivity index (χ1v) is 12.5. The molecule has 5 rings (SSSR count). The third kappa shape index (κ3) is 5.85. The molecule has 2 aromatic carbocycles. The molecule has 2 aliphatic rings. The number of hydrogen-bond donors (Lipinski definition) is 1. The fraction of sp³-hybridized carbons (Fsp3) is 0.444. The summed E-state index contributed by atoms with van der Waals surface area (Å²) in [6.07, 6.45) is 1.59. The molecule has 9 heteroatoms. The first kappa shape index (κ1) is 24.3. The number of ether oxygens (including phenoxy) is 3. The van der Waals surface area contributed by atoms with Gasteiger partial charge in [0.05, 0.1) is 26.2 Å². The van der Waals surface area contributed by atoms with Crippen LogP contribution in [-0.2, 0) is 42.2 Å². The minimum Gasteiger partial charge on any atom is -0.493 e. The van der Waals surface area contributed by atoms with E-state index in [1.165, 1.54) is 5.56 Å². The van der Waals surface area contributed by atoms with Crippen molar-refractivity contribution in [1.29, 1.82) is 0 Å². The SMILES string of the molecule is COc1cc(CN2CCc3nnc(CNC(=O)[C@H]4CCOC4)n3CC2)ccc1OCc1ccccc1. The molecule has 0 aliphatic carbocycles. The lowest BCUT2D eigenvalue weighted by Gasteiger charge is -2.20. The van der Waals surface area contributed by atoms with Crippen molar-refractivity contribution in [2.24, 2.45) is 5.92 Å². The van der Waals surface area contributed by atoms with Gasteiger partial charge in [-0.05, 0) is 29.7 Å². The predicted molar refractivity (Wildman–Crippen MR) is 134 cm³/mol. The molecular weight excluding hydrogens is 458 g/mol. The summed E-state index contributed by atoms with van der Waals surface area (Å²) in [4.78, 5) is 14.8. The molecular formula is C27H33N5O4. The van der Waals surface area contributed by atoms with Gasteiger partial charge < -0.3 is 24.1 Å². The van der Waals surface area contributed by atoms with Gasteiger partial charge in [0.2, 0.25) is 5.91 Å². The van der Waals surface area contributed by atoms with Crippen molar-refractivity contribution >= 4 is 5.91 Å². The van der Waals surface area contributed by atoms with Gasteiger partial charge in [-0.2, -0.15) is 0 Å². The maximum Gasteiger partial charge on any atom is 0.225 e. The average molecular weight is 492 g/mol. The fourth-order valence-electron chi connectivity index (χ4n) is 4.69. The normalized spacial score (nSPS) is 17.9. The number of amides is 1. The molecule has 1 aromatic heterocycles. The molecule has 0 unspecified atom stereocenters. The van der Waals surface area contributed by atoms with Gasteiger partial charge in [0, 0.05) is 39.2 Å². The van der Waals surface area contributed by atoms with Crippen LogP contribution >= 0.6 is 0 Å². The molecule has 1 N–H and O–H groups in total. The first-order valence-electron chi connectivity index (χ1n) is 12.5. The third-order valence-corrected chi connectivity index (χ3v) is 6.79. The van der Waals surface area contributed by atoms with E-state index in [-0.39, 0.29) is 11.8 Å². The van der Waals surface area contributed by atoms with Crippen LogP contribution in [0.1, 0.15) is 29.2 Å². The number of methoxy groups -OCH3 is 1. The maximum absolute atomic E-state index is 12.3. The van der Waals surface area contributed by atoms with Crippen LogP contribution in [0, 0.1) is 5.92 Å². The highest BCUT2D eigenvalue weighted by Crippen LogP contribution is 2.29. The molecule has 1 fully saturated rings. The Morgan fingerprint density at radius 3 is 2.78 bits per heavy atom. The zero-order valence-electron chi connectivity index (χ0n) is 20.7. The van der Waals surface area contributed by atoms with Crippen molar-refractivity contribution in [3.05, 3.63) is 71.3 Å². The van der Waals surface area contributed by atoms with E-state index in [9.17, 15) is 4.79 Å². The van der Waals surface area contributed by atoms with E-state index >= 15 is 0 Å². The maximum atomic E-state index is 12.3. The van der Waals surface area contributed by atoms with Gasteiger partial charge in [0.25, 0.3) is 0 Å². The Hall–Kier alpha value is -3.43. The lowest BCUT2D eigenvalue weighted by atomic mass is 10.1. The number of aromatic nitrogens is 3. The Bertz CT molecular complexity index is 1160. The molecule has 1 saturated heterocycles. The molecule has 3 heterocycles. The molecule has 9 nitrogen and oxygen atoms in total. The summed E-state index contributed by atoms with van der Waals surface area (Å²) in [5, 5.41) is 11.7. The van der Waals surface area contributed by atoms with Crippen molar-refractivity contribution in [3.63, 3.8) is 0 Å². The second-order valence-corrected chi connectivity index (χ2v) is 9.25. The Morgan fingerprint density at radius 2 is 1.97 bits per heavy atom. The number of carbonyl (C=O) groups is 1. The van der Waals surface area contributed by atoms with Crippen LogP contribution in [0.15, 0.2) is 48.5 Å². The molecule has 0 spiro atoms. The van der Waals surface area contributed by atoms with Crippen LogP contribution in [0.2, 0.25) is 0 Å². The molecule has 3 aromatic rings. The molecule has 0 bridgehead atoms. The van der Waals surface area contributed by atoms with Crippen LogP contribution in [-0.4, -0.2) is 59.0 Å². The molecule has 36 heavy (non-hydrogen) atoms. The van der Waals surface area contributed by atoms with Gasteiger partial charge in [-0.3, -0.25) is 9.69 Å². The number of carbonyl (C=O) groups excluding carboxylic acids is 1. The number of fused-ring (bicyclic) bond motifs is 1. The summed E-state index contributed by atoms with van der Waals surface area (Å²) in [6, 6.07) is 16.2. The first-order chi connectivity index (χ1) is 17.7. The van der Waals surface area contributed by atoms with Crippen LogP contribution in [0.25, 0.3) is 0 Å². The van der Waals surface area contributed by atoms with Crippen LogP contribution < -0.4 is 14.8 Å². The Balaban J connectivity index is 1.16. The number of rotatable bonds is 9. The van der Waals surface area contributed by atoms with Gasteiger partial charge >= 0.3 is 0 Å². The Labute approximate surface area is 211 Å². The molecule has 1 amide bonds. The fourth-order valence-corrected chi connectivity index (χ4v) is 4.69. The predicted octanol–water partition coefficient (Wildman–Crippen LogP) is 2.58. The van der Waals surface area contributed by atoms with Gasteiger partial charge in [0.1, 0.15) is 12.4 Å². The summed E-state index contributed by atoms with van der Waals surface area (Å²) in [7, 11) is 1.67. The van der Waals surface area contributed by atoms with Crippen molar-refractivity contribution in [2.75, 3.05) is 33.4 Å². The van der Waals surface area contributed by atoms with Gasteiger partial charge in [-0.25, -0.2) is 0 Å². The monoisotopic (exact) mass is 491 g/mol. The van der Waals surface area contributed by atoms with E-state index in [4.69, 9.17) is 14.2 Å². The van der Waals surface area contributed by atoms with E-state index in [2.05, 4.69) is 37.1 Å². The van der Waals surface area contributed by atoms with Crippen LogP contribution in [0.4, 0.5) is 0 Å². The highest BCUT2D eigenvalue weighted by molar-refractivity contribution is 5.78.